The molecule has 1 heterocycles. The van der Waals surface area contributed by atoms with Gasteiger partial charge in [-0.2, -0.15) is 0 Å². The molecule has 114 valence electrons. The molecule has 1 aromatic carbocycles. The van der Waals surface area contributed by atoms with Gasteiger partial charge in [-0.15, -0.1) is 0 Å². The highest BCUT2D eigenvalue weighted by Gasteiger charge is 2.07. The van der Waals surface area contributed by atoms with Gasteiger partial charge in [0.2, 0.25) is 0 Å². The van der Waals surface area contributed by atoms with Gasteiger partial charge < -0.3 is 14.6 Å². The maximum atomic E-state index is 5.86. The molecule has 1 atom stereocenters. The van der Waals surface area contributed by atoms with Crippen LogP contribution >= 0.6 is 0 Å². The molecule has 0 saturated carbocycles. The molecule has 0 aliphatic rings. The van der Waals surface area contributed by atoms with Crippen LogP contribution in [0.1, 0.15) is 37.4 Å². The number of nitrogens with zero attached hydrogens (tertiary/aromatic N) is 2. The first kappa shape index (κ1) is 15.6. The van der Waals surface area contributed by atoms with Crippen molar-refractivity contribution in [3.63, 3.8) is 0 Å². The number of imidazole rings is 1. The minimum atomic E-state index is 0.378. The second-order valence-corrected chi connectivity index (χ2v) is 5.35. The van der Waals surface area contributed by atoms with E-state index in [4.69, 9.17) is 4.74 Å². The molecule has 2 rings (SSSR count). The highest BCUT2D eigenvalue weighted by molar-refractivity contribution is 5.37. The summed E-state index contributed by atoms with van der Waals surface area (Å²) in [6.45, 7) is 8.99. The summed E-state index contributed by atoms with van der Waals surface area (Å²) in [6.07, 6.45) is 6.68. The molecule has 0 radical (unpaired) electrons. The van der Waals surface area contributed by atoms with E-state index in [0.29, 0.717) is 12.6 Å². The van der Waals surface area contributed by atoms with Gasteiger partial charge in [0.05, 0.1) is 12.9 Å². The number of aromatic nitrogens is 2. The third kappa shape index (κ3) is 4.60. The minimum Gasteiger partial charge on any atom is -0.491 e. The Morgan fingerprint density at radius 1 is 1.38 bits per heavy atom. The number of ether oxygens (including phenoxy) is 1. The fraction of sp³-hybridized carbons (Fsp3) is 0.471. The fourth-order valence-corrected chi connectivity index (χ4v) is 2.26. The van der Waals surface area contributed by atoms with Gasteiger partial charge in [-0.05, 0) is 44.0 Å². The van der Waals surface area contributed by atoms with Crippen molar-refractivity contribution in [1.82, 2.24) is 14.9 Å². The molecule has 0 aliphatic carbocycles. The van der Waals surface area contributed by atoms with Gasteiger partial charge in [-0.25, -0.2) is 4.98 Å². The molecule has 1 N–H and O–H groups in total. The smallest absolute Gasteiger partial charge is 0.122 e. The van der Waals surface area contributed by atoms with Crippen molar-refractivity contribution >= 4 is 0 Å². The number of benzene rings is 1. The average Bonchev–Trinajstić information content (AvgIpc) is 2.99. The van der Waals surface area contributed by atoms with Crippen molar-refractivity contribution in [1.29, 1.82) is 0 Å². The van der Waals surface area contributed by atoms with Gasteiger partial charge in [0.1, 0.15) is 12.4 Å². The van der Waals surface area contributed by atoms with Crippen molar-refractivity contribution in [2.24, 2.45) is 0 Å². The summed E-state index contributed by atoms with van der Waals surface area (Å²) in [7, 11) is 0. The molecule has 2 aromatic rings. The number of hydrogen-bond donors (Lipinski definition) is 1. The molecule has 0 amide bonds. The Morgan fingerprint density at radius 3 is 2.90 bits per heavy atom. The highest BCUT2D eigenvalue weighted by Crippen LogP contribution is 2.22. The lowest BCUT2D eigenvalue weighted by Crippen LogP contribution is -2.19. The summed E-state index contributed by atoms with van der Waals surface area (Å²) >= 11 is 0. The molecule has 4 nitrogen and oxygen atoms in total. The molecule has 0 saturated heterocycles. The molecule has 1 aromatic heterocycles. The maximum Gasteiger partial charge on any atom is 0.122 e. The fourth-order valence-electron chi connectivity index (χ4n) is 2.26. The second-order valence-electron chi connectivity index (χ2n) is 5.35. The van der Waals surface area contributed by atoms with Crippen LogP contribution in [0.5, 0.6) is 5.75 Å². The number of rotatable bonds is 8. The monoisotopic (exact) mass is 287 g/mol. The number of hydrogen-bond acceptors (Lipinski definition) is 3. The average molecular weight is 287 g/mol. The summed E-state index contributed by atoms with van der Waals surface area (Å²) < 4.78 is 7.87. The van der Waals surface area contributed by atoms with Crippen LogP contribution in [0, 0.1) is 6.92 Å². The molecule has 0 spiro atoms. The normalized spacial score (nSPS) is 12.3. The second kappa shape index (κ2) is 7.84. The standard InChI is InChI=1S/C17H25N3O/c1-4-7-19-15(3)16-5-6-17(14(2)12-16)21-11-10-20-9-8-18-13-20/h5-6,8-9,12-13,15,19H,4,7,10-11H2,1-3H3. The van der Waals surface area contributed by atoms with Gasteiger partial charge in [0.15, 0.2) is 0 Å². The van der Waals surface area contributed by atoms with Gasteiger partial charge in [0.25, 0.3) is 0 Å². The third-order valence-electron chi connectivity index (χ3n) is 3.57. The van der Waals surface area contributed by atoms with E-state index in [2.05, 4.69) is 49.3 Å². The van der Waals surface area contributed by atoms with E-state index < -0.39 is 0 Å². The summed E-state index contributed by atoms with van der Waals surface area (Å²) in [5, 5.41) is 3.51. The van der Waals surface area contributed by atoms with E-state index in [0.717, 1.165) is 25.3 Å². The predicted octanol–water partition coefficient (Wildman–Crippen LogP) is 3.33. The van der Waals surface area contributed by atoms with E-state index >= 15 is 0 Å². The maximum absolute atomic E-state index is 5.86. The van der Waals surface area contributed by atoms with Crippen molar-refractivity contribution in [2.75, 3.05) is 13.2 Å². The Kier molecular flexibility index (Phi) is 5.81. The van der Waals surface area contributed by atoms with Crippen LogP contribution < -0.4 is 10.1 Å². The lowest BCUT2D eigenvalue weighted by molar-refractivity contribution is 0.296. The van der Waals surface area contributed by atoms with E-state index in [1.54, 1.807) is 12.5 Å². The van der Waals surface area contributed by atoms with Gasteiger partial charge in [-0.3, -0.25) is 0 Å². The Bertz CT molecular complexity index is 537. The molecule has 1 unspecified atom stereocenters. The number of aryl methyl sites for hydroxylation is 1. The lowest BCUT2D eigenvalue weighted by atomic mass is 10.0. The summed E-state index contributed by atoms with van der Waals surface area (Å²) in [6, 6.07) is 6.80. The van der Waals surface area contributed by atoms with E-state index in [1.165, 1.54) is 11.1 Å². The van der Waals surface area contributed by atoms with Gasteiger partial charge in [-0.1, -0.05) is 19.1 Å². The largest absolute Gasteiger partial charge is 0.491 e. The summed E-state index contributed by atoms with van der Waals surface area (Å²) in [4.78, 5) is 4.02. The SMILES string of the molecule is CCCNC(C)c1ccc(OCCn2ccnc2)c(C)c1. The van der Waals surface area contributed by atoms with Crippen LogP contribution in [0.25, 0.3) is 0 Å². The zero-order valence-corrected chi connectivity index (χ0v) is 13.2. The molecule has 21 heavy (non-hydrogen) atoms. The molecule has 0 aliphatic heterocycles. The Morgan fingerprint density at radius 2 is 2.24 bits per heavy atom. The topological polar surface area (TPSA) is 39.1 Å². The zero-order valence-electron chi connectivity index (χ0n) is 13.2. The Hall–Kier alpha value is -1.81. The van der Waals surface area contributed by atoms with Gasteiger partial charge >= 0.3 is 0 Å². The van der Waals surface area contributed by atoms with Crippen LogP contribution in [0.15, 0.2) is 36.9 Å². The predicted molar refractivity (Wildman–Crippen MR) is 85.6 cm³/mol. The Labute approximate surface area is 127 Å². The first-order valence-corrected chi connectivity index (χ1v) is 7.63. The summed E-state index contributed by atoms with van der Waals surface area (Å²) in [5.41, 5.74) is 2.49. The lowest BCUT2D eigenvalue weighted by Gasteiger charge is -2.16. The molecule has 0 bridgehead atoms. The zero-order chi connectivity index (χ0) is 15.1. The molecule has 4 heteroatoms. The molecular weight excluding hydrogens is 262 g/mol. The van der Waals surface area contributed by atoms with Gasteiger partial charge in [0, 0.05) is 18.4 Å². The van der Waals surface area contributed by atoms with Crippen LogP contribution in [0.4, 0.5) is 0 Å². The van der Waals surface area contributed by atoms with Crippen LogP contribution in [-0.2, 0) is 6.54 Å². The van der Waals surface area contributed by atoms with E-state index in [9.17, 15) is 0 Å². The first-order chi connectivity index (χ1) is 10.2. The van der Waals surface area contributed by atoms with Crippen molar-refractivity contribution < 1.29 is 4.74 Å². The molecule has 0 fully saturated rings. The Balaban J connectivity index is 1.89. The first-order valence-electron chi connectivity index (χ1n) is 7.63. The van der Waals surface area contributed by atoms with Crippen LogP contribution in [-0.4, -0.2) is 22.7 Å². The third-order valence-corrected chi connectivity index (χ3v) is 3.57. The van der Waals surface area contributed by atoms with Crippen molar-refractivity contribution in [2.45, 2.75) is 39.8 Å². The van der Waals surface area contributed by atoms with E-state index in [1.807, 2.05) is 10.8 Å². The minimum absolute atomic E-state index is 0.378. The van der Waals surface area contributed by atoms with E-state index in [-0.39, 0.29) is 0 Å². The summed E-state index contributed by atoms with van der Waals surface area (Å²) in [5.74, 6) is 0.960. The van der Waals surface area contributed by atoms with Crippen molar-refractivity contribution in [3.05, 3.63) is 48.0 Å². The quantitative estimate of drug-likeness (QED) is 0.809. The highest BCUT2D eigenvalue weighted by atomic mass is 16.5. The van der Waals surface area contributed by atoms with Crippen LogP contribution in [0.3, 0.4) is 0 Å². The molecular formula is C17H25N3O. The van der Waals surface area contributed by atoms with Crippen LogP contribution in [0.2, 0.25) is 0 Å². The van der Waals surface area contributed by atoms with Crippen molar-refractivity contribution in [3.8, 4) is 5.75 Å². The number of nitrogens with one attached hydrogen (secondary N) is 1.